The van der Waals surface area contributed by atoms with Crippen LogP contribution in [0.25, 0.3) is 0 Å². The maximum Gasteiger partial charge on any atom is 0.0483 e. The van der Waals surface area contributed by atoms with Crippen molar-refractivity contribution < 1.29 is 4.21 Å². The van der Waals surface area contributed by atoms with Gasteiger partial charge in [-0.05, 0) is 17.7 Å². The quantitative estimate of drug-likeness (QED) is 0.696. The van der Waals surface area contributed by atoms with Crippen LogP contribution in [0.1, 0.15) is 5.56 Å². The highest BCUT2D eigenvalue weighted by Gasteiger charge is 1.95. The predicted molar refractivity (Wildman–Crippen MR) is 49.2 cm³/mol. The largest absolute Gasteiger partial charge is 0.260 e. The van der Waals surface area contributed by atoms with E-state index in [0.717, 1.165) is 5.56 Å². The highest BCUT2D eigenvalue weighted by Crippen LogP contribution is 2.11. The molecule has 0 aliphatic rings. The van der Waals surface area contributed by atoms with Crippen LogP contribution in [0.2, 0.25) is 5.02 Å². The summed E-state index contributed by atoms with van der Waals surface area (Å²) >= 11 is 5.73. The minimum atomic E-state index is -0.783. The molecule has 0 fully saturated rings. The second-order valence-corrected chi connectivity index (χ2v) is 4.22. The lowest BCUT2D eigenvalue weighted by atomic mass is 10.2. The summed E-state index contributed by atoms with van der Waals surface area (Å²) in [7, 11) is -0.783. The van der Waals surface area contributed by atoms with E-state index < -0.39 is 10.8 Å². The number of hydrogen-bond donors (Lipinski definition) is 0. The molecule has 0 N–H and O–H groups in total. The molecule has 0 spiro atoms. The molecule has 1 atom stereocenters. The summed E-state index contributed by atoms with van der Waals surface area (Å²) in [5.74, 6) is 0.584. The molecular weight excluding hydrogens is 180 g/mol. The van der Waals surface area contributed by atoms with Crippen LogP contribution in [0, 0.1) is 0 Å². The monoisotopic (exact) mass is 188 g/mol. The summed E-state index contributed by atoms with van der Waals surface area (Å²) in [5.41, 5.74) is 1.03. The van der Waals surface area contributed by atoms with E-state index in [-0.39, 0.29) is 0 Å². The first-order valence-electron chi connectivity index (χ1n) is 3.23. The normalized spacial score (nSPS) is 12.9. The van der Waals surface area contributed by atoms with Crippen LogP contribution in [0.15, 0.2) is 24.3 Å². The summed E-state index contributed by atoms with van der Waals surface area (Å²) in [6.07, 6.45) is 1.68. The second-order valence-electron chi connectivity index (χ2n) is 2.35. The molecule has 0 saturated heterocycles. The first kappa shape index (κ1) is 8.75. The van der Waals surface area contributed by atoms with Crippen LogP contribution < -0.4 is 0 Å². The third-order valence-corrected chi connectivity index (χ3v) is 2.23. The molecule has 0 bridgehead atoms. The Kier molecular flexibility index (Phi) is 3.09. The number of rotatable bonds is 2. The van der Waals surface area contributed by atoms with Crippen molar-refractivity contribution in [2.75, 3.05) is 6.26 Å². The van der Waals surface area contributed by atoms with Gasteiger partial charge in [-0.25, -0.2) is 0 Å². The fourth-order valence-electron chi connectivity index (χ4n) is 0.861. The molecule has 11 heavy (non-hydrogen) atoms. The summed E-state index contributed by atoms with van der Waals surface area (Å²) in [4.78, 5) is 0. The molecule has 1 nitrogen and oxygen atoms in total. The maximum atomic E-state index is 10.8. The Balaban J connectivity index is 2.79. The molecule has 0 amide bonds. The van der Waals surface area contributed by atoms with Crippen molar-refractivity contribution in [1.82, 2.24) is 0 Å². The Morgan fingerprint density at radius 3 is 2.82 bits per heavy atom. The van der Waals surface area contributed by atoms with Gasteiger partial charge < -0.3 is 0 Å². The molecular formula is C8H9ClOS. The van der Waals surface area contributed by atoms with Gasteiger partial charge in [0.1, 0.15) is 0 Å². The highest BCUT2D eigenvalue weighted by molar-refractivity contribution is 7.83. The van der Waals surface area contributed by atoms with Crippen molar-refractivity contribution >= 4 is 22.4 Å². The lowest BCUT2D eigenvalue weighted by Gasteiger charge is -1.97. The molecule has 1 aromatic carbocycles. The highest BCUT2D eigenvalue weighted by atomic mass is 35.5. The minimum absolute atomic E-state index is 0.584. The SMILES string of the molecule is CS(=O)Cc1cccc(Cl)c1. The molecule has 0 aliphatic carbocycles. The summed E-state index contributed by atoms with van der Waals surface area (Å²) < 4.78 is 10.8. The predicted octanol–water partition coefficient (Wildman–Crippen LogP) is 2.22. The van der Waals surface area contributed by atoms with Gasteiger partial charge in [-0.1, -0.05) is 23.7 Å². The molecule has 0 saturated carbocycles. The van der Waals surface area contributed by atoms with E-state index in [1.807, 2.05) is 24.3 Å². The average molecular weight is 189 g/mol. The van der Waals surface area contributed by atoms with Gasteiger partial charge in [0.25, 0.3) is 0 Å². The fraction of sp³-hybridized carbons (Fsp3) is 0.250. The molecule has 0 aromatic heterocycles. The molecule has 1 unspecified atom stereocenters. The smallest absolute Gasteiger partial charge is 0.0483 e. The van der Waals surface area contributed by atoms with Crippen LogP contribution in [-0.2, 0) is 16.6 Å². The van der Waals surface area contributed by atoms with Crippen molar-refractivity contribution in [1.29, 1.82) is 0 Å². The average Bonchev–Trinajstić information content (AvgIpc) is 1.85. The molecule has 1 aromatic rings. The molecule has 3 heteroatoms. The Bertz CT molecular complexity index is 273. The van der Waals surface area contributed by atoms with E-state index >= 15 is 0 Å². The van der Waals surface area contributed by atoms with E-state index in [1.54, 1.807) is 6.26 Å². The maximum absolute atomic E-state index is 10.8. The minimum Gasteiger partial charge on any atom is -0.260 e. The third-order valence-electron chi connectivity index (χ3n) is 1.26. The third kappa shape index (κ3) is 3.04. The summed E-state index contributed by atoms with van der Waals surface area (Å²) in [6.45, 7) is 0. The fourth-order valence-corrected chi connectivity index (χ4v) is 1.72. The molecule has 0 radical (unpaired) electrons. The van der Waals surface area contributed by atoms with E-state index in [1.165, 1.54) is 0 Å². The van der Waals surface area contributed by atoms with Gasteiger partial charge in [-0.3, -0.25) is 4.21 Å². The van der Waals surface area contributed by atoms with Gasteiger partial charge in [0.05, 0.1) is 0 Å². The van der Waals surface area contributed by atoms with E-state index in [0.29, 0.717) is 10.8 Å². The van der Waals surface area contributed by atoms with Crippen molar-refractivity contribution in [2.24, 2.45) is 0 Å². The van der Waals surface area contributed by atoms with Gasteiger partial charge >= 0.3 is 0 Å². The zero-order chi connectivity index (χ0) is 8.27. The van der Waals surface area contributed by atoms with E-state index in [4.69, 9.17) is 11.6 Å². The standard InChI is InChI=1S/C8H9ClOS/c1-11(10)6-7-3-2-4-8(9)5-7/h2-5H,6H2,1H3. The first-order chi connectivity index (χ1) is 5.18. The van der Waals surface area contributed by atoms with Crippen molar-refractivity contribution in [3.05, 3.63) is 34.9 Å². The molecule has 0 heterocycles. The number of benzene rings is 1. The molecule has 0 aliphatic heterocycles. The molecule has 1 rings (SSSR count). The van der Waals surface area contributed by atoms with Gasteiger partial charge in [-0.15, -0.1) is 0 Å². The van der Waals surface area contributed by atoms with Crippen molar-refractivity contribution in [2.45, 2.75) is 5.75 Å². The van der Waals surface area contributed by atoms with Crippen LogP contribution in [-0.4, -0.2) is 10.5 Å². The van der Waals surface area contributed by atoms with Crippen LogP contribution in [0.3, 0.4) is 0 Å². The van der Waals surface area contributed by atoms with E-state index in [2.05, 4.69) is 0 Å². The van der Waals surface area contributed by atoms with Gasteiger partial charge in [0, 0.05) is 27.8 Å². The summed E-state index contributed by atoms with van der Waals surface area (Å²) in [6, 6.07) is 7.43. The van der Waals surface area contributed by atoms with Gasteiger partial charge in [0.2, 0.25) is 0 Å². The second kappa shape index (κ2) is 3.88. The van der Waals surface area contributed by atoms with E-state index in [9.17, 15) is 4.21 Å². The topological polar surface area (TPSA) is 17.1 Å². The lowest BCUT2D eigenvalue weighted by molar-refractivity contribution is 0.686. The van der Waals surface area contributed by atoms with Crippen LogP contribution in [0.4, 0.5) is 0 Å². The van der Waals surface area contributed by atoms with Gasteiger partial charge in [-0.2, -0.15) is 0 Å². The van der Waals surface area contributed by atoms with Crippen molar-refractivity contribution in [3.63, 3.8) is 0 Å². The Morgan fingerprint density at radius 2 is 2.27 bits per heavy atom. The van der Waals surface area contributed by atoms with Crippen LogP contribution >= 0.6 is 11.6 Å². The zero-order valence-corrected chi connectivity index (χ0v) is 7.78. The zero-order valence-electron chi connectivity index (χ0n) is 6.21. The Morgan fingerprint density at radius 1 is 1.55 bits per heavy atom. The molecule has 60 valence electrons. The first-order valence-corrected chi connectivity index (χ1v) is 5.33. The number of hydrogen-bond acceptors (Lipinski definition) is 1. The lowest BCUT2D eigenvalue weighted by Crippen LogP contribution is -1.90. The van der Waals surface area contributed by atoms with Gasteiger partial charge in [0.15, 0.2) is 0 Å². The Hall–Kier alpha value is -0.340. The van der Waals surface area contributed by atoms with Crippen LogP contribution in [0.5, 0.6) is 0 Å². The number of halogens is 1. The summed E-state index contributed by atoms with van der Waals surface area (Å²) in [5, 5.41) is 0.702. The van der Waals surface area contributed by atoms with Crippen molar-refractivity contribution in [3.8, 4) is 0 Å². The Labute approximate surface area is 73.8 Å².